The molecule has 0 aromatic heterocycles. The number of hydrogen-bond acceptors (Lipinski definition) is 1. The topological polar surface area (TPSA) is 17.1 Å². The van der Waals surface area contributed by atoms with Crippen molar-refractivity contribution in [2.75, 3.05) is 5.88 Å². The molecule has 1 unspecified atom stereocenters. The smallest absolute Gasteiger partial charge is 0.150 e. The lowest BCUT2D eigenvalue weighted by Crippen LogP contribution is -2.17. The molecule has 0 heterocycles. The van der Waals surface area contributed by atoms with Crippen molar-refractivity contribution in [3.63, 3.8) is 0 Å². The van der Waals surface area contributed by atoms with Gasteiger partial charge in [0.05, 0.1) is 5.88 Å². The van der Waals surface area contributed by atoms with Gasteiger partial charge in [0.25, 0.3) is 0 Å². The third kappa shape index (κ3) is 3.15. The summed E-state index contributed by atoms with van der Waals surface area (Å²) in [5, 5.41) is 0. The number of ketones is 1. The number of carbonyl (C=O) groups excluding carboxylic acids is 1. The number of rotatable bonds is 5. The van der Waals surface area contributed by atoms with E-state index in [2.05, 4.69) is 0 Å². The molecule has 2 heteroatoms. The van der Waals surface area contributed by atoms with Gasteiger partial charge in [0.15, 0.2) is 5.78 Å². The highest BCUT2D eigenvalue weighted by Crippen LogP contribution is 2.13. The summed E-state index contributed by atoms with van der Waals surface area (Å²) in [6.45, 7) is 2.03. The van der Waals surface area contributed by atoms with E-state index in [0.29, 0.717) is 0 Å². The van der Waals surface area contributed by atoms with Crippen molar-refractivity contribution in [1.29, 1.82) is 0 Å². The molecular weight excluding hydrogens is 196 g/mol. The quantitative estimate of drug-likeness (QED) is 0.683. The first kappa shape index (κ1) is 11.3. The second-order valence-corrected chi connectivity index (χ2v) is 3.66. The van der Waals surface area contributed by atoms with Crippen LogP contribution >= 0.6 is 11.6 Å². The lowest BCUT2D eigenvalue weighted by molar-refractivity contribution is -0.120. The first-order chi connectivity index (χ1) is 6.77. The largest absolute Gasteiger partial charge is 0.298 e. The highest BCUT2D eigenvalue weighted by atomic mass is 35.5. The van der Waals surface area contributed by atoms with Crippen molar-refractivity contribution in [2.24, 2.45) is 5.92 Å². The van der Waals surface area contributed by atoms with Gasteiger partial charge < -0.3 is 0 Å². The van der Waals surface area contributed by atoms with Gasteiger partial charge in [0.1, 0.15) is 0 Å². The van der Waals surface area contributed by atoms with E-state index in [9.17, 15) is 4.79 Å². The SMILES string of the molecule is CCC(Cc1ccccc1)C(=O)CCl. The van der Waals surface area contributed by atoms with Gasteiger partial charge in [-0.05, 0) is 18.4 Å². The first-order valence-corrected chi connectivity index (χ1v) is 5.44. The first-order valence-electron chi connectivity index (χ1n) is 4.90. The summed E-state index contributed by atoms with van der Waals surface area (Å²) in [7, 11) is 0. The van der Waals surface area contributed by atoms with Crippen LogP contribution in [0.4, 0.5) is 0 Å². The summed E-state index contributed by atoms with van der Waals surface area (Å²) >= 11 is 5.54. The van der Waals surface area contributed by atoms with Crippen molar-refractivity contribution >= 4 is 17.4 Å². The molecule has 0 radical (unpaired) electrons. The minimum Gasteiger partial charge on any atom is -0.298 e. The molecule has 0 spiro atoms. The van der Waals surface area contributed by atoms with Crippen molar-refractivity contribution in [2.45, 2.75) is 19.8 Å². The molecule has 0 fully saturated rings. The Morgan fingerprint density at radius 1 is 1.36 bits per heavy atom. The van der Waals surface area contributed by atoms with Gasteiger partial charge in [-0.2, -0.15) is 0 Å². The number of alkyl halides is 1. The van der Waals surface area contributed by atoms with Crippen LogP contribution < -0.4 is 0 Å². The minimum atomic E-state index is 0.0786. The van der Waals surface area contributed by atoms with Gasteiger partial charge in [-0.3, -0.25) is 4.79 Å². The number of hydrogen-bond donors (Lipinski definition) is 0. The van der Waals surface area contributed by atoms with E-state index in [1.807, 2.05) is 37.3 Å². The van der Waals surface area contributed by atoms with Crippen molar-refractivity contribution < 1.29 is 4.79 Å². The zero-order valence-corrected chi connectivity index (χ0v) is 9.13. The predicted octanol–water partition coefficient (Wildman–Crippen LogP) is 3.06. The normalized spacial score (nSPS) is 12.4. The zero-order valence-electron chi connectivity index (χ0n) is 8.37. The van der Waals surface area contributed by atoms with Crippen molar-refractivity contribution in [3.05, 3.63) is 35.9 Å². The Morgan fingerprint density at radius 3 is 2.50 bits per heavy atom. The standard InChI is InChI=1S/C12H15ClO/c1-2-11(12(14)9-13)8-10-6-4-3-5-7-10/h3-7,11H,2,8-9H2,1H3. The third-order valence-electron chi connectivity index (χ3n) is 2.40. The van der Waals surface area contributed by atoms with Crippen LogP contribution in [-0.2, 0) is 11.2 Å². The lowest BCUT2D eigenvalue weighted by atomic mass is 9.94. The fourth-order valence-electron chi connectivity index (χ4n) is 1.49. The van der Waals surface area contributed by atoms with Gasteiger partial charge in [0, 0.05) is 5.92 Å². The summed E-state index contributed by atoms with van der Waals surface area (Å²) < 4.78 is 0. The van der Waals surface area contributed by atoms with E-state index in [4.69, 9.17) is 11.6 Å². The summed E-state index contributed by atoms with van der Waals surface area (Å²) in [5.74, 6) is 0.360. The maximum absolute atomic E-state index is 11.4. The Morgan fingerprint density at radius 2 is 2.00 bits per heavy atom. The Kier molecular flexibility index (Phi) is 4.68. The average molecular weight is 211 g/mol. The molecule has 14 heavy (non-hydrogen) atoms. The summed E-state index contributed by atoms with van der Waals surface area (Å²) in [4.78, 5) is 11.4. The van der Waals surface area contributed by atoms with Crippen LogP contribution in [0.2, 0.25) is 0 Å². The highest BCUT2D eigenvalue weighted by molar-refractivity contribution is 6.27. The second-order valence-electron chi connectivity index (χ2n) is 3.39. The van der Waals surface area contributed by atoms with Crippen LogP contribution in [-0.4, -0.2) is 11.7 Å². The van der Waals surface area contributed by atoms with Crippen LogP contribution in [0.3, 0.4) is 0 Å². The second kappa shape index (κ2) is 5.82. The monoisotopic (exact) mass is 210 g/mol. The Bertz CT molecular complexity index is 282. The molecular formula is C12H15ClO. The summed E-state index contributed by atoms with van der Waals surface area (Å²) in [6.07, 6.45) is 1.67. The zero-order chi connectivity index (χ0) is 10.4. The van der Waals surface area contributed by atoms with Crippen LogP contribution in [0.1, 0.15) is 18.9 Å². The molecule has 0 saturated heterocycles. The van der Waals surface area contributed by atoms with E-state index < -0.39 is 0 Å². The average Bonchev–Trinajstić information content (AvgIpc) is 2.26. The number of halogens is 1. The third-order valence-corrected chi connectivity index (χ3v) is 2.67. The van der Waals surface area contributed by atoms with E-state index >= 15 is 0 Å². The molecule has 0 amide bonds. The molecule has 0 saturated carbocycles. The lowest BCUT2D eigenvalue weighted by Gasteiger charge is -2.11. The molecule has 0 N–H and O–H groups in total. The molecule has 1 rings (SSSR count). The molecule has 1 aromatic carbocycles. The minimum absolute atomic E-state index is 0.0786. The molecule has 1 aromatic rings. The van der Waals surface area contributed by atoms with E-state index in [1.165, 1.54) is 5.56 Å². The molecule has 76 valence electrons. The molecule has 1 nitrogen and oxygen atoms in total. The van der Waals surface area contributed by atoms with Crippen LogP contribution in [0, 0.1) is 5.92 Å². The summed E-state index contributed by atoms with van der Waals surface area (Å²) in [5.41, 5.74) is 1.21. The van der Waals surface area contributed by atoms with Crippen LogP contribution in [0.15, 0.2) is 30.3 Å². The molecule has 1 atom stereocenters. The molecule has 0 bridgehead atoms. The van der Waals surface area contributed by atoms with E-state index in [1.54, 1.807) is 0 Å². The van der Waals surface area contributed by atoms with Gasteiger partial charge >= 0.3 is 0 Å². The van der Waals surface area contributed by atoms with E-state index in [-0.39, 0.29) is 17.6 Å². The predicted molar refractivity (Wildman–Crippen MR) is 59.7 cm³/mol. The number of benzene rings is 1. The van der Waals surface area contributed by atoms with Crippen molar-refractivity contribution in [3.8, 4) is 0 Å². The van der Waals surface area contributed by atoms with Gasteiger partial charge in [-0.1, -0.05) is 37.3 Å². The molecule has 0 aliphatic heterocycles. The number of Topliss-reactive ketones (excluding diaryl/α,β-unsaturated/α-hetero) is 1. The van der Waals surface area contributed by atoms with Crippen LogP contribution in [0.25, 0.3) is 0 Å². The van der Waals surface area contributed by atoms with E-state index in [0.717, 1.165) is 12.8 Å². The summed E-state index contributed by atoms with van der Waals surface area (Å²) in [6, 6.07) is 10.1. The van der Waals surface area contributed by atoms with Crippen molar-refractivity contribution in [1.82, 2.24) is 0 Å². The van der Waals surface area contributed by atoms with Gasteiger partial charge in [0.2, 0.25) is 0 Å². The molecule has 0 aliphatic carbocycles. The van der Waals surface area contributed by atoms with Gasteiger partial charge in [-0.15, -0.1) is 11.6 Å². The Hall–Kier alpha value is -0.820. The maximum atomic E-state index is 11.4. The fourth-order valence-corrected chi connectivity index (χ4v) is 1.71. The van der Waals surface area contributed by atoms with Gasteiger partial charge in [-0.25, -0.2) is 0 Å². The Labute approximate surface area is 90.1 Å². The number of carbonyl (C=O) groups is 1. The maximum Gasteiger partial charge on any atom is 0.150 e. The highest BCUT2D eigenvalue weighted by Gasteiger charge is 2.15. The fraction of sp³-hybridized carbons (Fsp3) is 0.417. The van der Waals surface area contributed by atoms with Crippen LogP contribution in [0.5, 0.6) is 0 Å². The molecule has 0 aliphatic rings. The Balaban J connectivity index is 2.62.